The molecule has 0 aromatic heterocycles. The van der Waals surface area contributed by atoms with Gasteiger partial charge in [0.25, 0.3) is 0 Å². The Labute approximate surface area is 136 Å². The Kier molecular flexibility index (Phi) is 5.76. The van der Waals surface area contributed by atoms with Gasteiger partial charge in [0.1, 0.15) is 0 Å². The van der Waals surface area contributed by atoms with Crippen LogP contribution in [0, 0.1) is 5.92 Å². The zero-order chi connectivity index (χ0) is 16.2. The third-order valence-electron chi connectivity index (χ3n) is 5.05. The van der Waals surface area contributed by atoms with Crippen molar-refractivity contribution in [2.24, 2.45) is 5.92 Å². The molecule has 2 amide bonds. The highest BCUT2D eigenvalue weighted by Gasteiger charge is 2.37. The molecule has 1 saturated heterocycles. The molecule has 0 aromatic rings. The van der Waals surface area contributed by atoms with Crippen molar-refractivity contribution in [2.75, 3.05) is 6.54 Å². The van der Waals surface area contributed by atoms with Gasteiger partial charge in [0.15, 0.2) is 0 Å². The van der Waals surface area contributed by atoms with Gasteiger partial charge in [-0.25, -0.2) is 4.79 Å². The van der Waals surface area contributed by atoms with E-state index in [1.54, 1.807) is 0 Å². The highest BCUT2D eigenvalue weighted by molar-refractivity contribution is 5.74. The van der Waals surface area contributed by atoms with Crippen molar-refractivity contribution in [3.05, 3.63) is 0 Å². The van der Waals surface area contributed by atoms with E-state index in [1.807, 2.05) is 0 Å². The van der Waals surface area contributed by atoms with Gasteiger partial charge in [-0.2, -0.15) is 0 Å². The van der Waals surface area contributed by atoms with Gasteiger partial charge in [0.2, 0.25) is 0 Å². The Morgan fingerprint density at radius 2 is 1.64 bits per heavy atom. The van der Waals surface area contributed by atoms with Crippen LogP contribution in [-0.2, 0) is 0 Å². The van der Waals surface area contributed by atoms with Crippen molar-refractivity contribution in [3.8, 4) is 0 Å². The van der Waals surface area contributed by atoms with E-state index in [-0.39, 0.29) is 17.1 Å². The van der Waals surface area contributed by atoms with Gasteiger partial charge >= 0.3 is 6.03 Å². The molecule has 2 fully saturated rings. The molecule has 1 aliphatic heterocycles. The summed E-state index contributed by atoms with van der Waals surface area (Å²) in [6.45, 7) is 9.91. The number of carbonyl (C=O) groups excluding carboxylic acids is 1. The van der Waals surface area contributed by atoms with Gasteiger partial charge < -0.3 is 16.0 Å². The van der Waals surface area contributed by atoms with Gasteiger partial charge in [0, 0.05) is 23.7 Å². The van der Waals surface area contributed by atoms with Crippen LogP contribution in [0.2, 0.25) is 0 Å². The minimum Gasteiger partial charge on any atom is -0.338 e. The molecule has 4 nitrogen and oxygen atoms in total. The number of amides is 2. The maximum atomic E-state index is 12.0. The number of rotatable bonds is 4. The average molecular weight is 309 g/mol. The lowest BCUT2D eigenvalue weighted by Gasteiger charge is -2.46. The molecule has 2 rings (SSSR count). The molecule has 1 heterocycles. The predicted octanol–water partition coefficient (Wildman–Crippen LogP) is 3.57. The maximum Gasteiger partial charge on any atom is 0.315 e. The Balaban J connectivity index is 1.68. The Morgan fingerprint density at radius 3 is 2.23 bits per heavy atom. The van der Waals surface area contributed by atoms with E-state index in [0.717, 1.165) is 25.8 Å². The van der Waals surface area contributed by atoms with Gasteiger partial charge in [-0.1, -0.05) is 19.3 Å². The molecule has 4 heteroatoms. The van der Waals surface area contributed by atoms with Crippen molar-refractivity contribution < 1.29 is 4.79 Å². The highest BCUT2D eigenvalue weighted by Crippen LogP contribution is 2.34. The summed E-state index contributed by atoms with van der Waals surface area (Å²) in [4.78, 5) is 12.0. The average Bonchev–Trinajstić information content (AvgIpc) is 2.36. The molecule has 0 spiro atoms. The van der Waals surface area contributed by atoms with Crippen LogP contribution in [0.1, 0.15) is 79.1 Å². The van der Waals surface area contributed by atoms with Crippen LogP contribution in [0.5, 0.6) is 0 Å². The minimum absolute atomic E-state index is 0.0272. The van der Waals surface area contributed by atoms with Gasteiger partial charge in [-0.15, -0.1) is 0 Å². The van der Waals surface area contributed by atoms with Crippen LogP contribution in [-0.4, -0.2) is 29.7 Å². The number of hydrogen-bond donors (Lipinski definition) is 3. The Hall–Kier alpha value is -0.770. The predicted molar refractivity (Wildman–Crippen MR) is 92.0 cm³/mol. The van der Waals surface area contributed by atoms with Crippen LogP contribution in [0.25, 0.3) is 0 Å². The standard InChI is InChI=1S/C18H35N3O/c1-17(2)12-14(13-18(3,4)21-17)10-11-19-16(22)20-15-8-6-5-7-9-15/h14-15,21H,5-13H2,1-4H3,(H2,19,20,22). The lowest BCUT2D eigenvalue weighted by Crippen LogP contribution is -2.58. The van der Waals surface area contributed by atoms with E-state index >= 15 is 0 Å². The van der Waals surface area contributed by atoms with Crippen molar-refractivity contribution in [1.82, 2.24) is 16.0 Å². The van der Waals surface area contributed by atoms with Crippen molar-refractivity contribution in [2.45, 2.75) is 96.2 Å². The van der Waals surface area contributed by atoms with Crippen molar-refractivity contribution >= 4 is 6.03 Å². The SMILES string of the molecule is CC1(C)CC(CCNC(=O)NC2CCCCC2)CC(C)(C)N1. The third-order valence-corrected chi connectivity index (χ3v) is 5.05. The summed E-state index contributed by atoms with van der Waals surface area (Å²) >= 11 is 0. The molecule has 22 heavy (non-hydrogen) atoms. The topological polar surface area (TPSA) is 53.2 Å². The first-order chi connectivity index (χ1) is 10.3. The number of hydrogen-bond acceptors (Lipinski definition) is 2. The quantitative estimate of drug-likeness (QED) is 0.743. The third kappa shape index (κ3) is 5.79. The summed E-state index contributed by atoms with van der Waals surface area (Å²) in [5.41, 5.74) is 0.382. The minimum atomic E-state index is 0.0272. The van der Waals surface area contributed by atoms with Crippen LogP contribution < -0.4 is 16.0 Å². The molecule has 1 saturated carbocycles. The fourth-order valence-corrected chi connectivity index (χ4v) is 4.61. The monoisotopic (exact) mass is 309 g/mol. The van der Waals surface area contributed by atoms with Crippen LogP contribution in [0.3, 0.4) is 0 Å². The van der Waals surface area contributed by atoms with E-state index in [4.69, 9.17) is 0 Å². The molecule has 2 aliphatic rings. The Bertz CT molecular complexity index is 357. The molecule has 1 aliphatic carbocycles. The Morgan fingerprint density at radius 1 is 1.05 bits per heavy atom. The smallest absolute Gasteiger partial charge is 0.315 e. The number of nitrogens with one attached hydrogen (secondary N) is 3. The largest absolute Gasteiger partial charge is 0.338 e. The number of piperidine rings is 1. The lowest BCUT2D eigenvalue weighted by molar-refractivity contribution is 0.124. The number of urea groups is 1. The normalized spacial score (nSPS) is 25.6. The molecular formula is C18H35N3O. The molecule has 0 bridgehead atoms. The molecule has 128 valence electrons. The first kappa shape index (κ1) is 17.6. The molecular weight excluding hydrogens is 274 g/mol. The van der Waals surface area contributed by atoms with E-state index in [1.165, 1.54) is 32.1 Å². The maximum absolute atomic E-state index is 12.0. The van der Waals surface area contributed by atoms with Gasteiger partial charge in [0.05, 0.1) is 0 Å². The van der Waals surface area contributed by atoms with Gasteiger partial charge in [-0.05, 0) is 65.7 Å². The first-order valence-corrected chi connectivity index (χ1v) is 9.09. The van der Waals surface area contributed by atoms with E-state index in [9.17, 15) is 4.79 Å². The van der Waals surface area contributed by atoms with Gasteiger partial charge in [-0.3, -0.25) is 0 Å². The second-order valence-electron chi connectivity index (χ2n) is 8.69. The van der Waals surface area contributed by atoms with E-state index in [2.05, 4.69) is 43.6 Å². The summed E-state index contributed by atoms with van der Waals surface area (Å²) in [5, 5.41) is 9.90. The molecule has 0 atom stereocenters. The molecule has 0 aromatic carbocycles. The zero-order valence-corrected chi connectivity index (χ0v) is 14.9. The summed E-state index contributed by atoms with van der Waals surface area (Å²) in [6, 6.07) is 0.421. The van der Waals surface area contributed by atoms with Crippen LogP contribution in [0.4, 0.5) is 4.79 Å². The van der Waals surface area contributed by atoms with E-state index < -0.39 is 0 Å². The molecule has 0 unspecified atom stereocenters. The summed E-state index contributed by atoms with van der Waals surface area (Å²) in [5.74, 6) is 0.682. The fourth-order valence-electron chi connectivity index (χ4n) is 4.61. The van der Waals surface area contributed by atoms with Crippen molar-refractivity contribution in [1.29, 1.82) is 0 Å². The lowest BCUT2D eigenvalue weighted by atomic mass is 9.75. The number of carbonyl (C=O) groups is 1. The van der Waals surface area contributed by atoms with Crippen molar-refractivity contribution in [3.63, 3.8) is 0 Å². The van der Waals surface area contributed by atoms with E-state index in [0.29, 0.717) is 12.0 Å². The fraction of sp³-hybridized carbons (Fsp3) is 0.944. The summed E-state index contributed by atoms with van der Waals surface area (Å²) in [7, 11) is 0. The zero-order valence-electron chi connectivity index (χ0n) is 14.9. The van der Waals surface area contributed by atoms with Crippen LogP contribution in [0.15, 0.2) is 0 Å². The van der Waals surface area contributed by atoms with Crippen LogP contribution >= 0.6 is 0 Å². The molecule has 0 radical (unpaired) electrons. The molecule has 3 N–H and O–H groups in total. The second kappa shape index (κ2) is 7.20. The second-order valence-corrected chi connectivity index (χ2v) is 8.69. The summed E-state index contributed by atoms with van der Waals surface area (Å²) in [6.07, 6.45) is 9.56. The summed E-state index contributed by atoms with van der Waals surface area (Å²) < 4.78 is 0. The highest BCUT2D eigenvalue weighted by atomic mass is 16.2. The first-order valence-electron chi connectivity index (χ1n) is 9.09.